The van der Waals surface area contributed by atoms with Gasteiger partial charge in [0, 0.05) is 23.7 Å². The maximum absolute atomic E-state index is 8.71. The van der Waals surface area contributed by atoms with Crippen molar-refractivity contribution in [1.29, 1.82) is 0 Å². The van der Waals surface area contributed by atoms with Crippen LogP contribution in [0.5, 0.6) is 0 Å². The average molecular weight is 272 g/mol. The van der Waals surface area contributed by atoms with Gasteiger partial charge in [-0.2, -0.15) is 0 Å². The van der Waals surface area contributed by atoms with Gasteiger partial charge in [0.25, 0.3) is 0 Å². The van der Waals surface area contributed by atoms with Gasteiger partial charge in [0.2, 0.25) is 0 Å². The smallest absolute Gasteiger partial charge is 0.0431 e. The fraction of sp³-hybridized carbons (Fsp3) is 0.500. The molecule has 84 valence electrons. The van der Waals surface area contributed by atoms with Crippen LogP contribution in [0.15, 0.2) is 28.7 Å². The minimum atomic E-state index is 0.279. The van der Waals surface area contributed by atoms with Gasteiger partial charge in [-0.05, 0) is 31.4 Å². The van der Waals surface area contributed by atoms with Gasteiger partial charge < -0.3 is 10.4 Å². The van der Waals surface area contributed by atoms with Crippen LogP contribution in [-0.4, -0.2) is 17.8 Å². The van der Waals surface area contributed by atoms with Crippen molar-refractivity contribution in [2.24, 2.45) is 0 Å². The van der Waals surface area contributed by atoms with Gasteiger partial charge in [-0.15, -0.1) is 0 Å². The Labute approximate surface area is 99.8 Å². The maximum atomic E-state index is 8.71. The van der Waals surface area contributed by atoms with E-state index in [1.54, 1.807) is 0 Å². The first-order valence-electron chi connectivity index (χ1n) is 5.31. The van der Waals surface area contributed by atoms with E-state index in [2.05, 4.69) is 40.3 Å². The quantitative estimate of drug-likeness (QED) is 0.834. The highest BCUT2D eigenvalue weighted by molar-refractivity contribution is 9.10. The Hall–Kier alpha value is -0.380. The van der Waals surface area contributed by atoms with Crippen LogP contribution in [0.2, 0.25) is 0 Å². The van der Waals surface area contributed by atoms with Gasteiger partial charge in [-0.1, -0.05) is 34.1 Å². The SMILES string of the molecule is C[C@H](CCCO)NCc1ccccc1Br. The van der Waals surface area contributed by atoms with Crippen molar-refractivity contribution in [2.45, 2.75) is 32.4 Å². The summed E-state index contributed by atoms with van der Waals surface area (Å²) in [6.45, 7) is 3.29. The second-order valence-corrected chi connectivity index (χ2v) is 4.59. The van der Waals surface area contributed by atoms with Crippen molar-refractivity contribution in [3.8, 4) is 0 Å². The molecule has 0 bridgehead atoms. The summed E-state index contributed by atoms with van der Waals surface area (Å²) < 4.78 is 1.15. The Kier molecular flexibility index (Phi) is 5.91. The first kappa shape index (κ1) is 12.7. The summed E-state index contributed by atoms with van der Waals surface area (Å²) in [5.74, 6) is 0. The standard InChI is InChI=1S/C12H18BrNO/c1-10(5-4-8-15)14-9-11-6-2-3-7-12(11)13/h2-3,6-7,10,14-15H,4-5,8-9H2,1H3/t10-/m1/s1. The first-order chi connectivity index (χ1) is 7.24. The minimum Gasteiger partial charge on any atom is -0.396 e. The Balaban J connectivity index is 2.33. The zero-order valence-electron chi connectivity index (χ0n) is 9.04. The number of hydrogen-bond donors (Lipinski definition) is 2. The molecule has 0 heterocycles. The molecular weight excluding hydrogens is 254 g/mol. The molecule has 0 spiro atoms. The normalized spacial score (nSPS) is 12.7. The number of aliphatic hydroxyl groups is 1. The van der Waals surface area contributed by atoms with Gasteiger partial charge >= 0.3 is 0 Å². The summed E-state index contributed by atoms with van der Waals surface area (Å²) in [7, 11) is 0. The predicted octanol–water partition coefficient (Wildman–Crippen LogP) is 2.70. The monoisotopic (exact) mass is 271 g/mol. The lowest BCUT2D eigenvalue weighted by atomic mass is 10.1. The summed E-state index contributed by atoms with van der Waals surface area (Å²) in [6.07, 6.45) is 1.88. The minimum absolute atomic E-state index is 0.279. The third-order valence-electron chi connectivity index (χ3n) is 2.39. The molecule has 1 aromatic carbocycles. The van der Waals surface area contributed by atoms with E-state index in [1.807, 2.05) is 12.1 Å². The molecule has 1 rings (SSSR count). The lowest BCUT2D eigenvalue weighted by Crippen LogP contribution is -2.25. The van der Waals surface area contributed by atoms with Crippen LogP contribution in [0.1, 0.15) is 25.3 Å². The van der Waals surface area contributed by atoms with E-state index >= 15 is 0 Å². The van der Waals surface area contributed by atoms with Crippen molar-refractivity contribution in [3.63, 3.8) is 0 Å². The average Bonchev–Trinajstić information content (AvgIpc) is 2.25. The molecular formula is C12H18BrNO. The van der Waals surface area contributed by atoms with Gasteiger partial charge in [-0.25, -0.2) is 0 Å². The highest BCUT2D eigenvalue weighted by atomic mass is 79.9. The van der Waals surface area contributed by atoms with Crippen LogP contribution in [0.4, 0.5) is 0 Å². The molecule has 0 unspecified atom stereocenters. The molecule has 0 saturated heterocycles. The van der Waals surface area contributed by atoms with E-state index in [-0.39, 0.29) is 6.61 Å². The van der Waals surface area contributed by atoms with E-state index in [0.29, 0.717) is 6.04 Å². The molecule has 0 aliphatic rings. The van der Waals surface area contributed by atoms with Gasteiger partial charge in [0.15, 0.2) is 0 Å². The van der Waals surface area contributed by atoms with Crippen LogP contribution in [0.25, 0.3) is 0 Å². The van der Waals surface area contributed by atoms with Gasteiger partial charge in [0.05, 0.1) is 0 Å². The molecule has 0 fully saturated rings. The lowest BCUT2D eigenvalue weighted by molar-refractivity contribution is 0.276. The number of benzene rings is 1. The number of aliphatic hydroxyl groups excluding tert-OH is 1. The van der Waals surface area contributed by atoms with E-state index in [1.165, 1.54) is 5.56 Å². The lowest BCUT2D eigenvalue weighted by Gasteiger charge is -2.13. The summed E-state index contributed by atoms with van der Waals surface area (Å²) >= 11 is 3.52. The Bertz CT molecular complexity index is 291. The zero-order chi connectivity index (χ0) is 11.1. The summed E-state index contributed by atoms with van der Waals surface area (Å²) in [5.41, 5.74) is 1.27. The Morgan fingerprint density at radius 1 is 1.40 bits per heavy atom. The molecule has 0 aliphatic heterocycles. The van der Waals surface area contributed by atoms with Crippen LogP contribution < -0.4 is 5.32 Å². The van der Waals surface area contributed by atoms with E-state index < -0.39 is 0 Å². The number of hydrogen-bond acceptors (Lipinski definition) is 2. The fourth-order valence-corrected chi connectivity index (χ4v) is 1.85. The number of halogens is 1. The molecule has 15 heavy (non-hydrogen) atoms. The summed E-state index contributed by atoms with van der Waals surface area (Å²) in [5, 5.41) is 12.1. The van der Waals surface area contributed by atoms with Crippen LogP contribution in [0, 0.1) is 0 Å². The maximum Gasteiger partial charge on any atom is 0.0431 e. The molecule has 2 nitrogen and oxygen atoms in total. The van der Waals surface area contributed by atoms with Crippen LogP contribution in [-0.2, 0) is 6.54 Å². The predicted molar refractivity (Wildman–Crippen MR) is 66.8 cm³/mol. The molecule has 0 radical (unpaired) electrons. The van der Waals surface area contributed by atoms with E-state index in [0.717, 1.165) is 23.9 Å². The van der Waals surface area contributed by atoms with Gasteiger partial charge in [-0.3, -0.25) is 0 Å². The van der Waals surface area contributed by atoms with Crippen molar-refractivity contribution in [1.82, 2.24) is 5.32 Å². The second-order valence-electron chi connectivity index (χ2n) is 3.74. The molecule has 0 amide bonds. The molecule has 1 atom stereocenters. The summed E-state index contributed by atoms with van der Waals surface area (Å²) in [6, 6.07) is 8.66. The fourth-order valence-electron chi connectivity index (χ4n) is 1.43. The third kappa shape index (κ3) is 4.78. The third-order valence-corrected chi connectivity index (χ3v) is 3.17. The van der Waals surface area contributed by atoms with Crippen molar-refractivity contribution >= 4 is 15.9 Å². The van der Waals surface area contributed by atoms with Gasteiger partial charge in [0.1, 0.15) is 0 Å². The largest absolute Gasteiger partial charge is 0.396 e. The number of nitrogens with one attached hydrogen (secondary N) is 1. The molecule has 0 aliphatic carbocycles. The molecule has 0 aromatic heterocycles. The van der Waals surface area contributed by atoms with Crippen molar-refractivity contribution in [2.75, 3.05) is 6.61 Å². The van der Waals surface area contributed by atoms with Crippen molar-refractivity contribution < 1.29 is 5.11 Å². The van der Waals surface area contributed by atoms with Crippen molar-refractivity contribution in [3.05, 3.63) is 34.3 Å². The Morgan fingerprint density at radius 2 is 2.13 bits per heavy atom. The molecule has 1 aromatic rings. The first-order valence-corrected chi connectivity index (χ1v) is 6.11. The highest BCUT2D eigenvalue weighted by Gasteiger charge is 2.02. The molecule has 0 saturated carbocycles. The van der Waals surface area contributed by atoms with E-state index in [9.17, 15) is 0 Å². The van der Waals surface area contributed by atoms with E-state index in [4.69, 9.17) is 5.11 Å². The second kappa shape index (κ2) is 6.99. The topological polar surface area (TPSA) is 32.3 Å². The molecule has 2 N–H and O–H groups in total. The molecule has 3 heteroatoms. The Morgan fingerprint density at radius 3 is 2.80 bits per heavy atom. The van der Waals surface area contributed by atoms with Crippen LogP contribution >= 0.6 is 15.9 Å². The highest BCUT2D eigenvalue weighted by Crippen LogP contribution is 2.15. The summed E-state index contributed by atoms with van der Waals surface area (Å²) in [4.78, 5) is 0. The van der Waals surface area contributed by atoms with Crippen LogP contribution in [0.3, 0.4) is 0 Å². The zero-order valence-corrected chi connectivity index (χ0v) is 10.6. The number of rotatable bonds is 6.